The third kappa shape index (κ3) is 4.20. The van der Waals surface area contributed by atoms with Crippen LogP contribution in [0, 0.1) is 20.8 Å². The Bertz CT molecular complexity index is 643. The lowest BCUT2D eigenvalue weighted by molar-refractivity contribution is -0.121. The van der Waals surface area contributed by atoms with E-state index < -0.39 is 0 Å². The molecule has 0 radical (unpaired) electrons. The topological polar surface area (TPSA) is 29.1 Å². The Labute approximate surface area is 133 Å². The summed E-state index contributed by atoms with van der Waals surface area (Å²) in [6.45, 7) is 8.37. The highest BCUT2D eigenvalue weighted by Gasteiger charge is 2.13. The quantitative estimate of drug-likeness (QED) is 0.869. The van der Waals surface area contributed by atoms with Gasteiger partial charge >= 0.3 is 0 Å². The van der Waals surface area contributed by atoms with Crippen molar-refractivity contribution < 1.29 is 4.79 Å². The van der Waals surface area contributed by atoms with E-state index in [4.69, 9.17) is 0 Å². The standard InChI is InChI=1S/C20H25NO/c1-5-19(18-11-8-15(3)16(4)12-18)21-20(22)13-17-9-6-14(2)7-10-17/h6-12,19H,5,13H2,1-4H3,(H,21,22). The fourth-order valence-electron chi connectivity index (χ4n) is 2.54. The monoisotopic (exact) mass is 295 g/mol. The molecule has 0 bridgehead atoms. The maximum atomic E-state index is 12.3. The molecule has 0 spiro atoms. The van der Waals surface area contributed by atoms with Crippen LogP contribution in [0.15, 0.2) is 42.5 Å². The van der Waals surface area contributed by atoms with Gasteiger partial charge in [-0.2, -0.15) is 0 Å². The molecule has 2 heteroatoms. The average Bonchev–Trinajstić information content (AvgIpc) is 2.50. The minimum atomic E-state index is 0.0777. The van der Waals surface area contributed by atoms with Gasteiger partial charge in [-0.15, -0.1) is 0 Å². The van der Waals surface area contributed by atoms with Gasteiger partial charge in [0.15, 0.2) is 0 Å². The minimum Gasteiger partial charge on any atom is -0.349 e. The first-order chi connectivity index (χ1) is 10.5. The van der Waals surface area contributed by atoms with Gasteiger partial charge in [0.1, 0.15) is 0 Å². The second-order valence-electron chi connectivity index (χ2n) is 6.03. The van der Waals surface area contributed by atoms with Gasteiger partial charge in [0.05, 0.1) is 12.5 Å². The van der Waals surface area contributed by atoms with E-state index in [2.05, 4.69) is 51.2 Å². The van der Waals surface area contributed by atoms with Crippen molar-refractivity contribution in [2.24, 2.45) is 0 Å². The molecule has 0 aliphatic rings. The molecular weight excluding hydrogens is 270 g/mol. The van der Waals surface area contributed by atoms with Crippen LogP contribution in [0.5, 0.6) is 0 Å². The number of hydrogen-bond donors (Lipinski definition) is 1. The maximum absolute atomic E-state index is 12.3. The summed E-state index contributed by atoms with van der Waals surface area (Å²) in [5.74, 6) is 0.0777. The Hall–Kier alpha value is -2.09. The molecule has 2 aromatic rings. The number of amides is 1. The van der Waals surface area contributed by atoms with Crippen LogP contribution in [0.25, 0.3) is 0 Å². The molecule has 1 amide bonds. The number of nitrogens with one attached hydrogen (secondary N) is 1. The average molecular weight is 295 g/mol. The number of carbonyl (C=O) groups is 1. The van der Waals surface area contributed by atoms with E-state index >= 15 is 0 Å². The molecule has 2 rings (SSSR count). The lowest BCUT2D eigenvalue weighted by atomic mass is 9.99. The van der Waals surface area contributed by atoms with E-state index in [9.17, 15) is 4.79 Å². The van der Waals surface area contributed by atoms with Crippen LogP contribution >= 0.6 is 0 Å². The molecule has 0 heterocycles. The predicted octanol–water partition coefficient (Wildman–Crippen LogP) is 4.42. The second kappa shape index (κ2) is 7.26. The highest BCUT2D eigenvalue weighted by molar-refractivity contribution is 5.79. The smallest absolute Gasteiger partial charge is 0.224 e. The van der Waals surface area contributed by atoms with Crippen molar-refractivity contribution in [2.75, 3.05) is 0 Å². The summed E-state index contributed by atoms with van der Waals surface area (Å²) in [6, 6.07) is 14.6. The number of rotatable bonds is 5. The van der Waals surface area contributed by atoms with Gasteiger partial charge < -0.3 is 5.32 Å². The molecule has 22 heavy (non-hydrogen) atoms. The molecular formula is C20H25NO. The molecule has 0 aliphatic heterocycles. The molecule has 1 N–H and O–H groups in total. The van der Waals surface area contributed by atoms with Crippen molar-refractivity contribution in [3.8, 4) is 0 Å². The van der Waals surface area contributed by atoms with E-state index in [-0.39, 0.29) is 11.9 Å². The van der Waals surface area contributed by atoms with E-state index in [0.29, 0.717) is 6.42 Å². The van der Waals surface area contributed by atoms with Gasteiger partial charge in [-0.05, 0) is 49.4 Å². The van der Waals surface area contributed by atoms with E-state index in [0.717, 1.165) is 12.0 Å². The lowest BCUT2D eigenvalue weighted by Crippen LogP contribution is -2.29. The third-order valence-corrected chi connectivity index (χ3v) is 4.16. The zero-order valence-electron chi connectivity index (χ0n) is 13.9. The van der Waals surface area contributed by atoms with Crippen LogP contribution in [0.2, 0.25) is 0 Å². The summed E-state index contributed by atoms with van der Waals surface area (Å²) in [5.41, 5.74) is 6.00. The van der Waals surface area contributed by atoms with Gasteiger partial charge in [0.25, 0.3) is 0 Å². The van der Waals surface area contributed by atoms with Crippen molar-refractivity contribution in [1.82, 2.24) is 5.32 Å². The van der Waals surface area contributed by atoms with Gasteiger partial charge in [-0.3, -0.25) is 4.79 Å². The molecule has 1 unspecified atom stereocenters. The summed E-state index contributed by atoms with van der Waals surface area (Å²) in [4.78, 5) is 12.3. The Morgan fingerprint density at radius 1 is 1.00 bits per heavy atom. The fourth-order valence-corrected chi connectivity index (χ4v) is 2.54. The van der Waals surface area contributed by atoms with Gasteiger partial charge in [0, 0.05) is 0 Å². The van der Waals surface area contributed by atoms with Gasteiger partial charge in [-0.25, -0.2) is 0 Å². The Morgan fingerprint density at radius 2 is 1.68 bits per heavy atom. The zero-order chi connectivity index (χ0) is 16.1. The third-order valence-electron chi connectivity index (χ3n) is 4.16. The molecule has 0 aromatic heterocycles. The Kier molecular flexibility index (Phi) is 5.37. The summed E-state index contributed by atoms with van der Waals surface area (Å²) in [6.07, 6.45) is 1.32. The number of hydrogen-bond acceptors (Lipinski definition) is 1. The highest BCUT2D eigenvalue weighted by atomic mass is 16.1. The molecule has 116 valence electrons. The zero-order valence-corrected chi connectivity index (χ0v) is 13.9. The Balaban J connectivity index is 2.04. The molecule has 0 fully saturated rings. The van der Waals surface area contributed by atoms with Crippen LogP contribution in [0.3, 0.4) is 0 Å². The Morgan fingerprint density at radius 3 is 2.27 bits per heavy atom. The van der Waals surface area contributed by atoms with Crippen molar-refractivity contribution in [3.05, 3.63) is 70.3 Å². The second-order valence-corrected chi connectivity index (χ2v) is 6.03. The van der Waals surface area contributed by atoms with E-state index in [1.165, 1.54) is 22.3 Å². The van der Waals surface area contributed by atoms with Crippen LogP contribution in [0.4, 0.5) is 0 Å². The lowest BCUT2D eigenvalue weighted by Gasteiger charge is -2.18. The normalized spacial score (nSPS) is 12.0. The first-order valence-corrected chi connectivity index (χ1v) is 7.91. The molecule has 0 aliphatic carbocycles. The molecule has 2 aromatic carbocycles. The van der Waals surface area contributed by atoms with E-state index in [1.54, 1.807) is 0 Å². The minimum absolute atomic E-state index is 0.0777. The summed E-state index contributed by atoms with van der Waals surface area (Å²) in [5, 5.41) is 3.15. The van der Waals surface area contributed by atoms with E-state index in [1.807, 2.05) is 24.3 Å². The van der Waals surface area contributed by atoms with Gasteiger partial charge in [0.2, 0.25) is 5.91 Å². The number of benzene rings is 2. The SMILES string of the molecule is CCC(NC(=O)Cc1ccc(C)cc1)c1ccc(C)c(C)c1. The maximum Gasteiger partial charge on any atom is 0.224 e. The van der Waals surface area contributed by atoms with Crippen LogP contribution in [0.1, 0.15) is 47.2 Å². The van der Waals surface area contributed by atoms with Crippen LogP contribution < -0.4 is 5.32 Å². The predicted molar refractivity (Wildman–Crippen MR) is 92.0 cm³/mol. The largest absolute Gasteiger partial charge is 0.349 e. The van der Waals surface area contributed by atoms with Crippen molar-refractivity contribution in [2.45, 2.75) is 46.6 Å². The number of aryl methyl sites for hydroxylation is 3. The molecule has 2 nitrogen and oxygen atoms in total. The van der Waals surface area contributed by atoms with Crippen molar-refractivity contribution in [1.29, 1.82) is 0 Å². The van der Waals surface area contributed by atoms with Crippen molar-refractivity contribution >= 4 is 5.91 Å². The van der Waals surface area contributed by atoms with Crippen molar-refractivity contribution in [3.63, 3.8) is 0 Å². The number of carbonyl (C=O) groups excluding carboxylic acids is 1. The molecule has 0 saturated carbocycles. The summed E-state index contributed by atoms with van der Waals surface area (Å²) < 4.78 is 0. The van der Waals surface area contributed by atoms with Crippen LogP contribution in [-0.2, 0) is 11.2 Å². The fraction of sp³-hybridized carbons (Fsp3) is 0.350. The first-order valence-electron chi connectivity index (χ1n) is 7.91. The van der Waals surface area contributed by atoms with Crippen LogP contribution in [-0.4, -0.2) is 5.91 Å². The summed E-state index contributed by atoms with van der Waals surface area (Å²) >= 11 is 0. The molecule has 0 saturated heterocycles. The first kappa shape index (κ1) is 16.3. The highest BCUT2D eigenvalue weighted by Crippen LogP contribution is 2.20. The summed E-state index contributed by atoms with van der Waals surface area (Å²) in [7, 11) is 0. The van der Waals surface area contributed by atoms with Gasteiger partial charge in [-0.1, -0.05) is 55.0 Å². The molecule has 1 atom stereocenters.